The van der Waals surface area contributed by atoms with Crippen LogP contribution in [0.15, 0.2) is 0 Å². The molecule has 10 heteroatoms. The third kappa shape index (κ3) is 552. The third-order valence-electron chi connectivity index (χ3n) is 0. The van der Waals surface area contributed by atoms with Crippen molar-refractivity contribution >= 4 is 61.1 Å². The van der Waals surface area contributed by atoms with Crippen LogP contribution in [0.1, 0.15) is 0 Å². The number of hydrogen-bond donors (Lipinski definition) is 0. The molecule has 97 valence electrons. The largest absolute Gasteiger partial charge is 0.281 e. The molecule has 19 radical (unpaired) electrons. The minimum Gasteiger partial charge on any atom is -0.281 e. The van der Waals surface area contributed by atoms with Crippen LogP contribution in [0, 0.1) is 0 Å². The molecule has 0 unspecified atom stereocenters. The molecule has 0 aromatic rings. The first-order valence-corrected chi connectivity index (χ1v) is 1.84. The summed E-state index contributed by atoms with van der Waals surface area (Å²) in [5.74, 6) is 0. The molecule has 0 N–H and O–H groups in total. The predicted octanol–water partition coefficient (Wildman–Crippen LogP) is -3.58. The third-order valence-corrected chi connectivity index (χ3v) is 0. The first-order valence-electron chi connectivity index (χ1n) is 1.84. The van der Waals surface area contributed by atoms with Crippen molar-refractivity contribution in [3.63, 3.8) is 0 Å². The normalized spacial score (nSPS) is 1.89. The van der Waals surface area contributed by atoms with Crippen molar-refractivity contribution in [2.24, 2.45) is 0 Å². The van der Waals surface area contributed by atoms with Gasteiger partial charge in [-0.25, -0.2) is 0 Å². The average molecular weight is 438 g/mol. The monoisotopic (exact) mass is 439 g/mol. The van der Waals surface area contributed by atoms with Crippen LogP contribution in [0.25, 0.3) is 0 Å². The summed E-state index contributed by atoms with van der Waals surface area (Å²) in [6.07, 6.45) is 0. The zero-order chi connectivity index (χ0) is 18.0. The van der Waals surface area contributed by atoms with E-state index >= 15 is 0 Å². The molecule has 0 aromatic carbocycles. The number of hydrogen-bond acceptors (Lipinski definition) is 9. The second kappa shape index (κ2) is 636. The maximum atomic E-state index is 7.50. The summed E-state index contributed by atoms with van der Waals surface area (Å²) < 4.78 is 0. The second-order valence-corrected chi connectivity index (χ2v) is 0. The molecule has 0 saturated carbocycles. The van der Waals surface area contributed by atoms with Gasteiger partial charge in [0.05, 0.1) is 0 Å². The Kier molecular flexibility index (Phi) is 3070. The van der Waals surface area contributed by atoms with Crippen molar-refractivity contribution in [3.05, 3.63) is 0 Å². The van der Waals surface area contributed by atoms with E-state index in [4.69, 9.17) is 43.2 Å². The molecule has 9 nitrogen and oxygen atoms in total. The van der Waals surface area contributed by atoms with Crippen LogP contribution in [0.2, 0.25) is 0 Å². The Bertz CT molecular complexity index is 52.2. The molecule has 0 amide bonds. The van der Waals surface area contributed by atoms with Crippen molar-refractivity contribution in [2.75, 3.05) is 0 Å². The van der Waals surface area contributed by atoms with E-state index in [1.807, 2.05) is 0 Å². The van der Waals surface area contributed by atoms with Crippen LogP contribution in [-0.2, 0) is 63.6 Å². The van der Waals surface area contributed by atoms with Crippen LogP contribution in [0.3, 0.4) is 0 Å². The Morgan fingerprint density at radius 2 is 0.211 bits per heavy atom. The standard InChI is InChI=1S/9CO.Re/c9*1-2;. The van der Waals surface area contributed by atoms with E-state index in [2.05, 4.69) is 61.1 Å². The Morgan fingerprint density at radius 1 is 0.211 bits per heavy atom. The Morgan fingerprint density at radius 3 is 0.211 bits per heavy atom. The van der Waals surface area contributed by atoms with Crippen molar-refractivity contribution in [1.82, 2.24) is 0 Å². The molecule has 0 fully saturated rings. The zero-order valence-electron chi connectivity index (χ0n) is 8.55. The molecule has 0 spiro atoms. The average Bonchev–Trinajstić information content (AvgIpc) is 2.63. The van der Waals surface area contributed by atoms with Gasteiger partial charge < -0.3 is 0 Å². The van der Waals surface area contributed by atoms with Crippen LogP contribution < -0.4 is 0 Å². The van der Waals surface area contributed by atoms with Crippen LogP contribution in [-0.4, -0.2) is 61.1 Å². The summed E-state index contributed by atoms with van der Waals surface area (Å²) in [4.78, 5) is 67.5. The second-order valence-electron chi connectivity index (χ2n) is 0. The predicted molar refractivity (Wildman–Crippen MR) is 51.2 cm³/mol. The van der Waals surface area contributed by atoms with E-state index in [0.29, 0.717) is 0 Å². The number of rotatable bonds is 0. The Hall–Kier alpha value is -2.31. The Balaban J connectivity index is -0.00000000596. The van der Waals surface area contributed by atoms with E-state index in [1.54, 1.807) is 0 Å². The summed E-state index contributed by atoms with van der Waals surface area (Å²) in [5, 5.41) is 0. The molecule has 0 rings (SSSR count). The van der Waals surface area contributed by atoms with Gasteiger partial charge in [0.2, 0.25) is 0 Å². The van der Waals surface area contributed by atoms with E-state index in [-0.39, 0.29) is 20.4 Å². The van der Waals surface area contributed by atoms with Gasteiger partial charge in [-0.3, -0.25) is 43.2 Å². The summed E-state index contributed by atoms with van der Waals surface area (Å²) in [6, 6.07) is 0. The van der Waals surface area contributed by atoms with Gasteiger partial charge in [0.25, 0.3) is 61.1 Å². The molecule has 0 saturated heterocycles. The van der Waals surface area contributed by atoms with Crippen molar-refractivity contribution in [1.29, 1.82) is 0 Å². The zero-order valence-corrected chi connectivity index (χ0v) is 11.3. The van der Waals surface area contributed by atoms with E-state index in [0.717, 1.165) is 0 Å². The fraction of sp³-hybridized carbons (Fsp3) is 0. The first-order chi connectivity index (χ1) is 9.00. The summed E-state index contributed by atoms with van der Waals surface area (Å²) in [7, 11) is 0. The summed E-state index contributed by atoms with van der Waals surface area (Å²) in [6.45, 7) is 40.5. The van der Waals surface area contributed by atoms with Gasteiger partial charge in [-0.05, 0) is 0 Å². The SMILES string of the molecule is [C]=O.[C]=O.[C]=O.[C]=O.[C]=O.[C]=O.[C]=O.[C]=O.[C]=O.[Re]. The molecular weight excluding hydrogens is 438 g/mol. The number of carbonyl (C=O) groups excluding carboxylic acids is 9. The van der Waals surface area contributed by atoms with Crippen LogP contribution >= 0.6 is 0 Å². The smallest absolute Gasteiger partial charge is 0.281 e. The van der Waals surface area contributed by atoms with Gasteiger partial charge >= 0.3 is 0 Å². The molecule has 19 heavy (non-hydrogen) atoms. The van der Waals surface area contributed by atoms with Crippen molar-refractivity contribution < 1.29 is 63.6 Å². The van der Waals surface area contributed by atoms with Crippen molar-refractivity contribution in [3.8, 4) is 0 Å². The van der Waals surface area contributed by atoms with Gasteiger partial charge in [0.1, 0.15) is 0 Å². The van der Waals surface area contributed by atoms with Gasteiger partial charge in [0, 0.05) is 20.4 Å². The minimum absolute atomic E-state index is 0. The van der Waals surface area contributed by atoms with Crippen molar-refractivity contribution in [2.45, 2.75) is 0 Å². The maximum Gasteiger partial charge on any atom is 0.281 e. The fourth-order valence-corrected chi connectivity index (χ4v) is 0. The quantitative estimate of drug-likeness (QED) is 0.374. The minimum atomic E-state index is 0. The fourth-order valence-electron chi connectivity index (χ4n) is 0. The van der Waals surface area contributed by atoms with E-state index in [1.165, 1.54) is 0 Å². The molecule has 0 atom stereocenters. The Labute approximate surface area is 125 Å². The maximum absolute atomic E-state index is 7.50. The van der Waals surface area contributed by atoms with Crippen LogP contribution in [0.5, 0.6) is 0 Å². The molecule has 0 bridgehead atoms. The molecule has 0 aromatic heterocycles. The van der Waals surface area contributed by atoms with Crippen LogP contribution in [0.4, 0.5) is 0 Å². The molecule has 0 aliphatic rings. The molecule has 0 heterocycles. The summed E-state index contributed by atoms with van der Waals surface area (Å²) >= 11 is 0. The van der Waals surface area contributed by atoms with Gasteiger partial charge in [-0.15, -0.1) is 0 Å². The topological polar surface area (TPSA) is 154 Å². The van der Waals surface area contributed by atoms with Gasteiger partial charge in [0.15, 0.2) is 0 Å². The molecule has 0 aliphatic carbocycles. The molecule has 0 aliphatic heterocycles. The van der Waals surface area contributed by atoms with E-state index in [9.17, 15) is 0 Å². The summed E-state index contributed by atoms with van der Waals surface area (Å²) in [5.41, 5.74) is 0. The first kappa shape index (κ1) is 91.8. The van der Waals surface area contributed by atoms with Gasteiger partial charge in [-0.1, -0.05) is 0 Å². The van der Waals surface area contributed by atoms with Gasteiger partial charge in [-0.2, -0.15) is 0 Å². The molecular formula is C9O9Re. The van der Waals surface area contributed by atoms with E-state index < -0.39 is 0 Å².